The van der Waals surface area contributed by atoms with Gasteiger partial charge >= 0.3 is 0 Å². The van der Waals surface area contributed by atoms with Gasteiger partial charge in [-0.15, -0.1) is 0 Å². The smallest absolute Gasteiger partial charge is 0.126 e. The number of hydrogen-bond acceptors (Lipinski definition) is 1. The molecule has 0 atom stereocenters. The number of nitrogens with two attached hydrogens (primary N) is 1. The van der Waals surface area contributed by atoms with Crippen LogP contribution < -0.4 is 5.73 Å². The van der Waals surface area contributed by atoms with E-state index in [4.69, 9.17) is 5.73 Å². The average molecular weight is 215 g/mol. The molecule has 0 saturated heterocycles. The third kappa shape index (κ3) is 3.19. The first-order valence-electron chi connectivity index (χ1n) is 4.58. The van der Waals surface area contributed by atoms with Crippen molar-refractivity contribution in [3.63, 3.8) is 0 Å². The Morgan fingerprint density at radius 1 is 1.14 bits per heavy atom. The summed E-state index contributed by atoms with van der Waals surface area (Å²) in [7, 11) is -1.52. The average Bonchev–Trinajstić information content (AvgIpc) is 2.01. The summed E-state index contributed by atoms with van der Waals surface area (Å²) >= 11 is 0. The molecule has 0 radical (unpaired) electrons. The van der Waals surface area contributed by atoms with Gasteiger partial charge in [-0.2, -0.15) is 0 Å². The highest BCUT2D eigenvalue weighted by molar-refractivity contribution is 6.77. The maximum atomic E-state index is 12.9. The molecule has 0 unspecified atom stereocenters. The van der Waals surface area contributed by atoms with Crippen molar-refractivity contribution in [3.05, 3.63) is 35.4 Å². The minimum Gasteiger partial charge on any atom is -0.333 e. The molecule has 14 heavy (non-hydrogen) atoms. The molecule has 1 rings (SSSR count). The SMILES string of the molecule is C[Si](C)(CN)Cc1cc(F)cc(F)c1. The Kier molecular flexibility index (Phi) is 3.39. The molecule has 0 aliphatic rings. The van der Waals surface area contributed by atoms with Crippen LogP contribution >= 0.6 is 0 Å². The van der Waals surface area contributed by atoms with Crippen LogP contribution in [0.2, 0.25) is 13.1 Å². The van der Waals surface area contributed by atoms with E-state index < -0.39 is 19.7 Å². The van der Waals surface area contributed by atoms with E-state index in [1.54, 1.807) is 0 Å². The Morgan fingerprint density at radius 3 is 2.07 bits per heavy atom. The second-order valence-electron chi connectivity index (χ2n) is 4.32. The summed E-state index contributed by atoms with van der Waals surface area (Å²) < 4.78 is 25.7. The molecule has 1 aromatic rings. The molecular weight excluding hydrogens is 200 g/mol. The van der Waals surface area contributed by atoms with Gasteiger partial charge in [0.15, 0.2) is 0 Å². The van der Waals surface area contributed by atoms with Gasteiger partial charge in [0, 0.05) is 6.07 Å². The number of benzene rings is 1. The summed E-state index contributed by atoms with van der Waals surface area (Å²) in [6.45, 7) is 4.21. The molecule has 0 aliphatic carbocycles. The van der Waals surface area contributed by atoms with Crippen LogP contribution in [0, 0.1) is 11.6 Å². The van der Waals surface area contributed by atoms with Gasteiger partial charge in [-0.3, -0.25) is 0 Å². The summed E-state index contributed by atoms with van der Waals surface area (Å²) in [5.41, 5.74) is 6.32. The Balaban J connectivity index is 2.87. The predicted molar refractivity (Wildman–Crippen MR) is 56.6 cm³/mol. The van der Waals surface area contributed by atoms with E-state index >= 15 is 0 Å². The van der Waals surface area contributed by atoms with E-state index in [1.807, 2.05) is 0 Å². The van der Waals surface area contributed by atoms with E-state index in [0.717, 1.165) is 12.1 Å². The van der Waals surface area contributed by atoms with Crippen molar-refractivity contribution >= 4 is 8.07 Å². The predicted octanol–water partition coefficient (Wildman–Crippen LogP) is 2.25. The maximum Gasteiger partial charge on any atom is 0.126 e. The molecule has 0 heterocycles. The highest BCUT2D eigenvalue weighted by Gasteiger charge is 2.19. The molecule has 1 nitrogen and oxygen atoms in total. The van der Waals surface area contributed by atoms with Gasteiger partial charge in [0.2, 0.25) is 0 Å². The standard InChI is InChI=1S/C10H15F2NSi/c1-14(2,7-13)6-8-3-9(11)5-10(12)4-8/h3-5H,6-7,13H2,1-2H3. The Bertz CT molecular complexity index is 306. The lowest BCUT2D eigenvalue weighted by Gasteiger charge is -2.19. The zero-order chi connectivity index (χ0) is 10.8. The van der Waals surface area contributed by atoms with Crippen molar-refractivity contribution in [2.75, 3.05) is 6.17 Å². The van der Waals surface area contributed by atoms with Crippen LogP contribution in [0.3, 0.4) is 0 Å². The molecule has 0 spiro atoms. The molecule has 0 saturated carbocycles. The molecule has 0 aromatic heterocycles. The first-order chi connectivity index (χ1) is 6.43. The van der Waals surface area contributed by atoms with Crippen LogP contribution in [-0.2, 0) is 6.04 Å². The third-order valence-electron chi connectivity index (χ3n) is 2.16. The van der Waals surface area contributed by atoms with E-state index in [2.05, 4.69) is 13.1 Å². The van der Waals surface area contributed by atoms with Crippen molar-refractivity contribution in [3.8, 4) is 0 Å². The van der Waals surface area contributed by atoms with Crippen molar-refractivity contribution < 1.29 is 8.78 Å². The molecule has 1 aromatic carbocycles. The molecule has 4 heteroatoms. The molecule has 0 aliphatic heterocycles. The van der Waals surface area contributed by atoms with Crippen LogP contribution in [-0.4, -0.2) is 14.2 Å². The molecule has 0 amide bonds. The minimum atomic E-state index is -1.52. The van der Waals surface area contributed by atoms with Gasteiger partial charge in [-0.05, 0) is 29.9 Å². The zero-order valence-corrected chi connectivity index (χ0v) is 9.48. The molecule has 0 fully saturated rings. The lowest BCUT2D eigenvalue weighted by Crippen LogP contribution is -2.39. The van der Waals surface area contributed by atoms with Gasteiger partial charge in [-0.25, -0.2) is 8.78 Å². The minimum absolute atomic E-state index is 0.512. The van der Waals surface area contributed by atoms with Crippen molar-refractivity contribution in [2.45, 2.75) is 19.1 Å². The van der Waals surface area contributed by atoms with Crippen LogP contribution in [0.5, 0.6) is 0 Å². The summed E-state index contributed by atoms with van der Waals surface area (Å²) in [5, 5.41) is 0. The van der Waals surface area contributed by atoms with Crippen LogP contribution in [0.15, 0.2) is 18.2 Å². The summed E-state index contributed by atoms with van der Waals surface area (Å²) in [6, 6.07) is 4.37. The monoisotopic (exact) mass is 215 g/mol. The van der Waals surface area contributed by atoms with E-state index in [9.17, 15) is 8.78 Å². The third-order valence-corrected chi connectivity index (χ3v) is 4.63. The second-order valence-corrected chi connectivity index (χ2v) is 9.41. The van der Waals surface area contributed by atoms with Gasteiger partial charge in [-0.1, -0.05) is 13.1 Å². The summed E-state index contributed by atoms with van der Waals surface area (Å²) in [4.78, 5) is 0. The van der Waals surface area contributed by atoms with Crippen molar-refractivity contribution in [1.29, 1.82) is 0 Å². The maximum absolute atomic E-state index is 12.9. The molecular formula is C10H15F2NSi. The van der Waals surface area contributed by atoms with Crippen LogP contribution in [0.25, 0.3) is 0 Å². The van der Waals surface area contributed by atoms with Gasteiger partial charge in [0.25, 0.3) is 0 Å². The van der Waals surface area contributed by atoms with Crippen LogP contribution in [0.1, 0.15) is 5.56 Å². The lowest BCUT2D eigenvalue weighted by atomic mass is 10.2. The molecule has 0 bridgehead atoms. The fourth-order valence-electron chi connectivity index (χ4n) is 1.34. The first kappa shape index (κ1) is 11.3. The highest BCUT2D eigenvalue weighted by atomic mass is 28.3. The quantitative estimate of drug-likeness (QED) is 0.769. The second kappa shape index (κ2) is 4.19. The largest absolute Gasteiger partial charge is 0.333 e. The topological polar surface area (TPSA) is 26.0 Å². The van der Waals surface area contributed by atoms with E-state index in [-0.39, 0.29) is 0 Å². The van der Waals surface area contributed by atoms with Gasteiger partial charge in [0.05, 0.1) is 8.07 Å². The highest BCUT2D eigenvalue weighted by Crippen LogP contribution is 2.14. The number of rotatable bonds is 3. The fourth-order valence-corrected chi connectivity index (χ4v) is 2.79. The Hall–Kier alpha value is -0.743. The Labute approximate surface area is 83.9 Å². The summed E-state index contributed by atoms with van der Waals surface area (Å²) in [6.07, 6.45) is 0.630. The first-order valence-corrected chi connectivity index (χ1v) is 7.99. The van der Waals surface area contributed by atoms with Gasteiger partial charge in [0.1, 0.15) is 11.6 Å². The molecule has 78 valence electrons. The number of hydrogen-bond donors (Lipinski definition) is 1. The lowest BCUT2D eigenvalue weighted by molar-refractivity contribution is 0.581. The van der Waals surface area contributed by atoms with E-state index in [0.29, 0.717) is 11.7 Å². The molecule has 2 N–H and O–H groups in total. The fraction of sp³-hybridized carbons (Fsp3) is 0.400. The zero-order valence-electron chi connectivity index (χ0n) is 8.48. The van der Waals surface area contributed by atoms with E-state index in [1.165, 1.54) is 12.1 Å². The van der Waals surface area contributed by atoms with Gasteiger partial charge < -0.3 is 5.73 Å². The van der Waals surface area contributed by atoms with Crippen LogP contribution in [0.4, 0.5) is 8.78 Å². The van der Waals surface area contributed by atoms with Crippen molar-refractivity contribution in [2.24, 2.45) is 5.73 Å². The Morgan fingerprint density at radius 2 is 1.64 bits per heavy atom. The number of halogens is 2. The van der Waals surface area contributed by atoms with Crippen molar-refractivity contribution in [1.82, 2.24) is 0 Å². The summed E-state index contributed by atoms with van der Waals surface area (Å²) in [5.74, 6) is -1.02. The normalized spacial score (nSPS) is 11.8.